The molecule has 0 fully saturated rings. The number of aromatic nitrogens is 1. The van der Waals surface area contributed by atoms with E-state index in [1.807, 2.05) is 26.0 Å². The van der Waals surface area contributed by atoms with Crippen molar-refractivity contribution in [1.82, 2.24) is 15.6 Å². The average molecular weight is 514 g/mol. The second-order valence-electron chi connectivity index (χ2n) is 9.37. The van der Waals surface area contributed by atoms with Crippen molar-refractivity contribution in [3.05, 3.63) is 106 Å². The molecule has 196 valence electrons. The van der Waals surface area contributed by atoms with Crippen LogP contribution in [0.3, 0.4) is 0 Å². The van der Waals surface area contributed by atoms with Gasteiger partial charge in [-0.3, -0.25) is 14.6 Å². The Morgan fingerprint density at radius 1 is 1.03 bits per heavy atom. The van der Waals surface area contributed by atoms with E-state index in [1.165, 1.54) is 0 Å². The molecule has 0 saturated heterocycles. The van der Waals surface area contributed by atoms with Gasteiger partial charge >= 0.3 is 5.63 Å². The van der Waals surface area contributed by atoms with Gasteiger partial charge in [0, 0.05) is 17.7 Å². The lowest BCUT2D eigenvalue weighted by Gasteiger charge is -2.24. The van der Waals surface area contributed by atoms with Crippen molar-refractivity contribution in [2.24, 2.45) is 5.92 Å². The summed E-state index contributed by atoms with van der Waals surface area (Å²) in [4.78, 5) is 43.2. The number of fused-ring (bicyclic) bond motifs is 1. The van der Waals surface area contributed by atoms with Crippen LogP contribution in [0.15, 0.2) is 82.1 Å². The maximum absolute atomic E-state index is 13.2. The molecular formula is C30H31N3O5. The first kappa shape index (κ1) is 26.6. The van der Waals surface area contributed by atoms with E-state index in [1.54, 1.807) is 67.7 Å². The number of carbonyl (C=O) groups excluding carboxylic acids is 2. The van der Waals surface area contributed by atoms with Gasteiger partial charge in [-0.25, -0.2) is 4.79 Å². The molecule has 0 spiro atoms. The summed E-state index contributed by atoms with van der Waals surface area (Å²) in [5.74, 6) is -1.49. The lowest BCUT2D eigenvalue weighted by molar-refractivity contribution is -0.124. The highest BCUT2D eigenvalue weighted by Crippen LogP contribution is 2.34. The van der Waals surface area contributed by atoms with Crippen LogP contribution in [0.1, 0.15) is 60.3 Å². The molecule has 0 aliphatic rings. The second kappa shape index (κ2) is 11.7. The summed E-state index contributed by atoms with van der Waals surface area (Å²) in [5.41, 5.74) is 1.49. The maximum Gasteiger partial charge on any atom is 0.343 e. The van der Waals surface area contributed by atoms with E-state index in [9.17, 15) is 19.5 Å². The molecule has 4 rings (SSSR count). The Balaban J connectivity index is 1.55. The SMILES string of the molecule is CCC(C)C(NC(=O)c1cccc(C(C)c2c(O)c3ccccc3oc2=O)c1)C(=O)NCc1ccccn1. The number of nitrogens with zero attached hydrogens (tertiary/aromatic N) is 1. The molecule has 2 amide bonds. The number of pyridine rings is 1. The van der Waals surface area contributed by atoms with Crippen LogP contribution < -0.4 is 16.3 Å². The predicted molar refractivity (Wildman–Crippen MR) is 145 cm³/mol. The van der Waals surface area contributed by atoms with Crippen molar-refractivity contribution in [1.29, 1.82) is 0 Å². The summed E-state index contributed by atoms with van der Waals surface area (Å²) in [6.45, 7) is 5.89. The Hall–Kier alpha value is -4.46. The molecule has 2 heterocycles. The van der Waals surface area contributed by atoms with Crippen molar-refractivity contribution in [3.63, 3.8) is 0 Å². The van der Waals surface area contributed by atoms with Crippen LogP contribution in [0.25, 0.3) is 11.0 Å². The summed E-state index contributed by atoms with van der Waals surface area (Å²) in [7, 11) is 0. The number of aromatic hydroxyl groups is 1. The standard InChI is InChI=1S/C30H31N3O5/c1-4-18(2)26(29(36)32-17-22-12-7-8-15-31-22)33-28(35)21-11-9-10-20(16-21)19(3)25-27(34)23-13-5-6-14-24(23)38-30(25)37/h5-16,18-19,26,34H,4,17H2,1-3H3,(H,32,36)(H,33,35). The van der Waals surface area contributed by atoms with Gasteiger partial charge in [0.05, 0.1) is 23.2 Å². The molecule has 0 saturated carbocycles. The predicted octanol–water partition coefficient (Wildman–Crippen LogP) is 4.51. The first-order valence-electron chi connectivity index (χ1n) is 12.6. The van der Waals surface area contributed by atoms with E-state index in [4.69, 9.17) is 4.42 Å². The fourth-order valence-corrected chi connectivity index (χ4v) is 4.36. The van der Waals surface area contributed by atoms with Gasteiger partial charge in [0.15, 0.2) is 0 Å². The molecule has 0 radical (unpaired) electrons. The number of para-hydroxylation sites is 1. The van der Waals surface area contributed by atoms with Crippen molar-refractivity contribution >= 4 is 22.8 Å². The number of benzene rings is 2. The normalized spacial score (nSPS) is 13.4. The van der Waals surface area contributed by atoms with Crippen molar-refractivity contribution in [2.75, 3.05) is 0 Å². The molecule has 8 nitrogen and oxygen atoms in total. The number of hydrogen-bond donors (Lipinski definition) is 3. The first-order chi connectivity index (χ1) is 18.3. The van der Waals surface area contributed by atoms with Crippen LogP contribution in [0.5, 0.6) is 5.75 Å². The molecule has 3 N–H and O–H groups in total. The maximum atomic E-state index is 13.2. The van der Waals surface area contributed by atoms with E-state index in [-0.39, 0.29) is 29.7 Å². The number of carbonyl (C=O) groups is 2. The zero-order valence-electron chi connectivity index (χ0n) is 21.6. The van der Waals surface area contributed by atoms with Gasteiger partial charge in [0.2, 0.25) is 5.91 Å². The van der Waals surface area contributed by atoms with E-state index >= 15 is 0 Å². The van der Waals surface area contributed by atoms with Crippen LogP contribution in [0, 0.1) is 5.92 Å². The van der Waals surface area contributed by atoms with Gasteiger partial charge in [-0.2, -0.15) is 0 Å². The van der Waals surface area contributed by atoms with E-state index in [0.29, 0.717) is 28.5 Å². The van der Waals surface area contributed by atoms with Gasteiger partial charge < -0.3 is 20.2 Å². The lowest BCUT2D eigenvalue weighted by atomic mass is 9.91. The van der Waals surface area contributed by atoms with Gasteiger partial charge in [-0.1, -0.05) is 57.5 Å². The zero-order chi connectivity index (χ0) is 27.2. The largest absolute Gasteiger partial charge is 0.507 e. The fraction of sp³-hybridized carbons (Fsp3) is 0.267. The Morgan fingerprint density at radius 2 is 1.79 bits per heavy atom. The van der Waals surface area contributed by atoms with Crippen LogP contribution in [0.4, 0.5) is 0 Å². The van der Waals surface area contributed by atoms with Crippen molar-refractivity contribution in [3.8, 4) is 5.75 Å². The number of rotatable bonds is 9. The first-order valence-corrected chi connectivity index (χ1v) is 12.6. The minimum absolute atomic E-state index is 0.107. The molecule has 0 aliphatic heterocycles. The summed E-state index contributed by atoms with van der Waals surface area (Å²) in [6, 6.07) is 18.3. The average Bonchev–Trinajstić information content (AvgIpc) is 2.94. The Kier molecular flexibility index (Phi) is 8.21. The van der Waals surface area contributed by atoms with Gasteiger partial charge in [-0.05, 0) is 47.9 Å². The van der Waals surface area contributed by atoms with Gasteiger partial charge in [0.1, 0.15) is 17.4 Å². The third kappa shape index (κ3) is 5.75. The number of amides is 2. The van der Waals surface area contributed by atoms with Crippen molar-refractivity contribution < 1.29 is 19.1 Å². The zero-order valence-corrected chi connectivity index (χ0v) is 21.6. The monoisotopic (exact) mass is 513 g/mol. The van der Waals surface area contributed by atoms with E-state index in [2.05, 4.69) is 15.6 Å². The molecule has 3 unspecified atom stereocenters. The molecule has 2 aromatic heterocycles. The molecule has 4 aromatic rings. The van der Waals surface area contributed by atoms with Gasteiger partial charge in [0.25, 0.3) is 5.91 Å². The van der Waals surface area contributed by atoms with Crippen molar-refractivity contribution in [2.45, 2.75) is 45.7 Å². The quantitative estimate of drug-likeness (QED) is 0.283. The Bertz CT molecular complexity index is 1500. The van der Waals surface area contributed by atoms with E-state index in [0.717, 1.165) is 5.69 Å². The Morgan fingerprint density at radius 3 is 2.53 bits per heavy atom. The van der Waals surface area contributed by atoms with Crippen LogP contribution in [-0.4, -0.2) is 27.9 Å². The van der Waals surface area contributed by atoms with E-state index < -0.39 is 23.5 Å². The highest BCUT2D eigenvalue weighted by atomic mass is 16.4. The minimum atomic E-state index is -0.742. The fourth-order valence-electron chi connectivity index (χ4n) is 4.36. The third-order valence-corrected chi connectivity index (χ3v) is 6.85. The van der Waals surface area contributed by atoms with Gasteiger partial charge in [-0.15, -0.1) is 0 Å². The second-order valence-corrected chi connectivity index (χ2v) is 9.37. The summed E-state index contributed by atoms with van der Waals surface area (Å²) in [5, 5.41) is 17.0. The number of hydrogen-bond acceptors (Lipinski definition) is 6. The molecule has 38 heavy (non-hydrogen) atoms. The highest BCUT2D eigenvalue weighted by molar-refractivity contribution is 5.97. The molecule has 0 bridgehead atoms. The van der Waals surface area contributed by atoms with Crippen LogP contribution in [0.2, 0.25) is 0 Å². The van der Waals surface area contributed by atoms with Crippen LogP contribution in [-0.2, 0) is 11.3 Å². The summed E-state index contributed by atoms with van der Waals surface area (Å²) < 4.78 is 5.42. The van der Waals surface area contributed by atoms with Crippen LogP contribution >= 0.6 is 0 Å². The molecule has 0 aliphatic carbocycles. The summed E-state index contributed by atoms with van der Waals surface area (Å²) in [6.07, 6.45) is 2.35. The minimum Gasteiger partial charge on any atom is -0.507 e. The highest BCUT2D eigenvalue weighted by Gasteiger charge is 2.27. The molecular weight excluding hydrogens is 482 g/mol. The molecule has 2 aromatic carbocycles. The Labute approximate surface area is 220 Å². The lowest BCUT2D eigenvalue weighted by Crippen LogP contribution is -2.50. The molecule has 8 heteroatoms. The number of nitrogens with one attached hydrogen (secondary N) is 2. The topological polar surface area (TPSA) is 122 Å². The summed E-state index contributed by atoms with van der Waals surface area (Å²) >= 11 is 0. The third-order valence-electron chi connectivity index (χ3n) is 6.85. The molecule has 3 atom stereocenters. The smallest absolute Gasteiger partial charge is 0.343 e.